The number of aromatic nitrogens is 1. The molecule has 0 bridgehead atoms. The normalized spacial score (nSPS) is 11.1. The summed E-state index contributed by atoms with van der Waals surface area (Å²) < 4.78 is 6.65. The van der Waals surface area contributed by atoms with E-state index in [4.69, 9.17) is 4.42 Å². The molecule has 1 heterocycles. The summed E-state index contributed by atoms with van der Waals surface area (Å²) in [5, 5.41) is 3.36. The van der Waals surface area contributed by atoms with E-state index >= 15 is 0 Å². The van der Waals surface area contributed by atoms with Gasteiger partial charge in [-0.3, -0.25) is 0 Å². The van der Waals surface area contributed by atoms with Gasteiger partial charge in [-0.25, -0.2) is 0 Å². The Kier molecular flexibility index (Phi) is 5.82. The number of hydrogen-bond donors (Lipinski definition) is 1. The van der Waals surface area contributed by atoms with Gasteiger partial charge >= 0.3 is 0 Å². The number of oxazole rings is 1. The summed E-state index contributed by atoms with van der Waals surface area (Å²) in [6.07, 6.45) is 1.72. The molecule has 21 heavy (non-hydrogen) atoms. The van der Waals surface area contributed by atoms with E-state index in [1.807, 2.05) is 30.1 Å². The second kappa shape index (κ2) is 7.61. The van der Waals surface area contributed by atoms with E-state index in [0.29, 0.717) is 11.9 Å². The molecular formula is C16H22BrN3O. The second-order valence-corrected chi connectivity index (χ2v) is 6.45. The third-order valence-electron chi connectivity index (χ3n) is 3.09. The molecule has 1 N–H and O–H groups in total. The third-order valence-corrected chi connectivity index (χ3v) is 3.86. The van der Waals surface area contributed by atoms with E-state index in [1.54, 1.807) is 6.26 Å². The maximum atomic E-state index is 5.56. The van der Waals surface area contributed by atoms with E-state index < -0.39 is 0 Å². The number of benzene rings is 1. The highest BCUT2D eigenvalue weighted by molar-refractivity contribution is 9.10. The Morgan fingerprint density at radius 2 is 2.10 bits per heavy atom. The molecule has 2 rings (SSSR count). The Morgan fingerprint density at radius 3 is 2.81 bits per heavy atom. The molecule has 0 saturated carbocycles. The summed E-state index contributed by atoms with van der Waals surface area (Å²) in [5.74, 6) is 0.634. The Morgan fingerprint density at radius 1 is 1.33 bits per heavy atom. The maximum absolute atomic E-state index is 5.56. The van der Waals surface area contributed by atoms with Gasteiger partial charge in [-0.2, -0.15) is 4.98 Å². The SMILES string of the molecule is CC(C)CNCc1coc(N(C)Cc2ccccc2Br)n1. The fourth-order valence-corrected chi connectivity index (χ4v) is 2.40. The first-order valence-electron chi connectivity index (χ1n) is 7.16. The quantitative estimate of drug-likeness (QED) is 0.823. The van der Waals surface area contributed by atoms with Gasteiger partial charge in [0, 0.05) is 24.6 Å². The van der Waals surface area contributed by atoms with Gasteiger partial charge in [-0.15, -0.1) is 0 Å². The second-order valence-electron chi connectivity index (χ2n) is 5.59. The van der Waals surface area contributed by atoms with Crippen LogP contribution in [-0.4, -0.2) is 18.6 Å². The molecular weight excluding hydrogens is 330 g/mol. The first kappa shape index (κ1) is 16.0. The van der Waals surface area contributed by atoms with Crippen LogP contribution in [0, 0.1) is 5.92 Å². The van der Waals surface area contributed by atoms with Crippen LogP contribution in [0.1, 0.15) is 25.1 Å². The van der Waals surface area contributed by atoms with Gasteiger partial charge in [-0.1, -0.05) is 48.0 Å². The smallest absolute Gasteiger partial charge is 0.297 e. The Hall–Kier alpha value is -1.33. The van der Waals surface area contributed by atoms with Crippen molar-refractivity contribution in [3.63, 3.8) is 0 Å². The monoisotopic (exact) mass is 351 g/mol. The predicted molar refractivity (Wildman–Crippen MR) is 89.3 cm³/mol. The van der Waals surface area contributed by atoms with Crippen LogP contribution >= 0.6 is 15.9 Å². The van der Waals surface area contributed by atoms with Gasteiger partial charge in [0.05, 0.1) is 5.69 Å². The van der Waals surface area contributed by atoms with Crippen LogP contribution < -0.4 is 10.2 Å². The lowest BCUT2D eigenvalue weighted by molar-refractivity contribution is 0.535. The minimum Gasteiger partial charge on any atom is -0.432 e. The zero-order valence-corrected chi connectivity index (χ0v) is 14.4. The summed E-state index contributed by atoms with van der Waals surface area (Å²) >= 11 is 3.56. The van der Waals surface area contributed by atoms with Crippen molar-refractivity contribution in [1.82, 2.24) is 10.3 Å². The average molecular weight is 352 g/mol. The Bertz CT molecular complexity index is 568. The van der Waals surface area contributed by atoms with E-state index in [-0.39, 0.29) is 0 Å². The van der Waals surface area contributed by atoms with Crippen LogP contribution in [-0.2, 0) is 13.1 Å². The lowest BCUT2D eigenvalue weighted by Crippen LogP contribution is -2.20. The summed E-state index contributed by atoms with van der Waals surface area (Å²) in [4.78, 5) is 6.52. The van der Waals surface area contributed by atoms with Crippen LogP contribution in [0.25, 0.3) is 0 Å². The highest BCUT2D eigenvalue weighted by Gasteiger charge is 2.11. The van der Waals surface area contributed by atoms with Gasteiger partial charge in [0.25, 0.3) is 6.01 Å². The van der Waals surface area contributed by atoms with Crippen LogP contribution in [0.4, 0.5) is 6.01 Å². The van der Waals surface area contributed by atoms with Crippen LogP contribution in [0.2, 0.25) is 0 Å². The molecule has 0 fully saturated rings. The number of halogens is 1. The minimum absolute atomic E-state index is 0.634. The number of hydrogen-bond acceptors (Lipinski definition) is 4. The van der Waals surface area contributed by atoms with Crippen molar-refractivity contribution in [2.75, 3.05) is 18.5 Å². The first-order valence-corrected chi connectivity index (χ1v) is 7.95. The van der Waals surface area contributed by atoms with Crippen molar-refractivity contribution in [2.24, 2.45) is 5.92 Å². The largest absolute Gasteiger partial charge is 0.432 e. The highest BCUT2D eigenvalue weighted by atomic mass is 79.9. The molecule has 4 nitrogen and oxygen atoms in total. The third kappa shape index (κ3) is 4.86. The molecule has 5 heteroatoms. The molecule has 0 aliphatic heterocycles. The van der Waals surface area contributed by atoms with E-state index in [0.717, 1.165) is 29.8 Å². The van der Waals surface area contributed by atoms with Crippen molar-refractivity contribution in [3.05, 3.63) is 46.3 Å². The van der Waals surface area contributed by atoms with Crippen molar-refractivity contribution in [1.29, 1.82) is 0 Å². The van der Waals surface area contributed by atoms with Crippen molar-refractivity contribution >= 4 is 21.9 Å². The van der Waals surface area contributed by atoms with Crippen LogP contribution in [0.5, 0.6) is 0 Å². The van der Waals surface area contributed by atoms with Gasteiger partial charge in [0.1, 0.15) is 6.26 Å². The van der Waals surface area contributed by atoms with Crippen molar-refractivity contribution in [2.45, 2.75) is 26.9 Å². The zero-order valence-electron chi connectivity index (χ0n) is 12.8. The predicted octanol–water partition coefficient (Wildman–Crippen LogP) is 3.82. The standard InChI is InChI=1S/C16H22BrN3O/c1-12(2)8-18-9-14-11-21-16(19-14)20(3)10-13-6-4-5-7-15(13)17/h4-7,11-12,18H,8-10H2,1-3H3. The number of rotatable bonds is 7. The summed E-state index contributed by atoms with van der Waals surface area (Å²) in [6.45, 7) is 6.85. The Balaban J connectivity index is 1.93. The summed E-state index contributed by atoms with van der Waals surface area (Å²) in [6, 6.07) is 8.82. The Labute approximate surface area is 134 Å². The summed E-state index contributed by atoms with van der Waals surface area (Å²) in [7, 11) is 1.98. The van der Waals surface area contributed by atoms with E-state index in [2.05, 4.69) is 46.1 Å². The van der Waals surface area contributed by atoms with Crippen molar-refractivity contribution < 1.29 is 4.42 Å². The fourth-order valence-electron chi connectivity index (χ4n) is 1.99. The van der Waals surface area contributed by atoms with Gasteiger partial charge < -0.3 is 14.6 Å². The fraction of sp³-hybridized carbons (Fsp3) is 0.438. The highest BCUT2D eigenvalue weighted by Crippen LogP contribution is 2.20. The van der Waals surface area contributed by atoms with E-state index in [1.165, 1.54) is 5.56 Å². The molecule has 2 aromatic rings. The molecule has 1 aromatic carbocycles. The van der Waals surface area contributed by atoms with Gasteiger partial charge in [0.2, 0.25) is 0 Å². The topological polar surface area (TPSA) is 41.3 Å². The van der Waals surface area contributed by atoms with Crippen molar-refractivity contribution in [3.8, 4) is 0 Å². The molecule has 1 aromatic heterocycles. The molecule has 0 unspecified atom stereocenters. The number of anilines is 1. The minimum atomic E-state index is 0.634. The molecule has 0 saturated heterocycles. The molecule has 0 radical (unpaired) electrons. The maximum Gasteiger partial charge on any atom is 0.297 e. The van der Waals surface area contributed by atoms with Crippen LogP contribution in [0.3, 0.4) is 0 Å². The molecule has 114 valence electrons. The lowest BCUT2D eigenvalue weighted by Gasteiger charge is -2.15. The molecule has 0 spiro atoms. The van der Waals surface area contributed by atoms with Gasteiger partial charge in [0.15, 0.2) is 0 Å². The number of nitrogens with one attached hydrogen (secondary N) is 1. The average Bonchev–Trinajstić information content (AvgIpc) is 2.90. The molecule has 0 atom stereocenters. The molecule has 0 aliphatic rings. The van der Waals surface area contributed by atoms with Crippen LogP contribution in [0.15, 0.2) is 39.4 Å². The summed E-state index contributed by atoms with van der Waals surface area (Å²) in [5.41, 5.74) is 2.14. The molecule has 0 amide bonds. The zero-order chi connectivity index (χ0) is 15.2. The molecule has 0 aliphatic carbocycles. The van der Waals surface area contributed by atoms with Gasteiger partial charge in [-0.05, 0) is 24.1 Å². The first-order chi connectivity index (χ1) is 10.1. The lowest BCUT2D eigenvalue weighted by atomic mass is 10.2. The number of nitrogens with zero attached hydrogens (tertiary/aromatic N) is 2. The van der Waals surface area contributed by atoms with E-state index in [9.17, 15) is 0 Å².